The molecule has 1 spiro atoms. The summed E-state index contributed by atoms with van der Waals surface area (Å²) >= 11 is 0. The Morgan fingerprint density at radius 1 is 0.975 bits per heavy atom. The molecule has 0 saturated carbocycles. The number of nitrogens with one attached hydrogen (secondary N) is 3. The molecule has 1 aromatic heterocycles. The molecular weight excluding hydrogens is 508 g/mol. The molecule has 3 N–H and O–H groups in total. The van der Waals surface area contributed by atoms with Crippen molar-refractivity contribution in [3.05, 3.63) is 89.6 Å². The number of carbonyl (C=O) groups is 4. The second-order valence-electron chi connectivity index (χ2n) is 10.7. The van der Waals surface area contributed by atoms with E-state index in [1.54, 1.807) is 24.3 Å². The lowest BCUT2D eigenvalue weighted by atomic mass is 9.76. The van der Waals surface area contributed by atoms with Crippen LogP contribution in [0.4, 0.5) is 11.4 Å². The van der Waals surface area contributed by atoms with Crippen LogP contribution in [0.25, 0.3) is 10.9 Å². The molecular formula is C31H26N4O5. The first-order chi connectivity index (χ1) is 19.3. The fourth-order valence-electron chi connectivity index (χ4n) is 6.77. The molecule has 4 atom stereocenters. The van der Waals surface area contributed by atoms with Gasteiger partial charge in [0.25, 0.3) is 0 Å². The first-order valence-electron chi connectivity index (χ1n) is 13.2. The van der Waals surface area contributed by atoms with Crippen LogP contribution in [-0.4, -0.2) is 34.7 Å². The molecule has 3 aromatic carbocycles. The molecule has 3 amide bonds. The molecule has 2 fully saturated rings. The van der Waals surface area contributed by atoms with E-state index in [1.165, 1.54) is 11.8 Å². The third kappa shape index (κ3) is 3.31. The summed E-state index contributed by atoms with van der Waals surface area (Å²) in [7, 11) is 0. The average Bonchev–Trinajstić information content (AvgIpc) is 3.64. The van der Waals surface area contributed by atoms with Gasteiger partial charge in [0.15, 0.2) is 0 Å². The number of aromatic amines is 1. The lowest BCUT2D eigenvalue weighted by molar-refractivity contribution is -0.132. The zero-order chi connectivity index (χ0) is 27.8. The van der Waals surface area contributed by atoms with Crippen LogP contribution in [0.1, 0.15) is 23.6 Å². The van der Waals surface area contributed by atoms with E-state index < -0.39 is 35.3 Å². The molecule has 4 aromatic rings. The van der Waals surface area contributed by atoms with Crippen molar-refractivity contribution in [2.45, 2.75) is 31.8 Å². The second-order valence-corrected chi connectivity index (χ2v) is 10.7. The number of fused-ring (bicyclic) bond motifs is 5. The topological polar surface area (TPSA) is 121 Å². The quantitative estimate of drug-likeness (QED) is 0.209. The van der Waals surface area contributed by atoms with Gasteiger partial charge in [0.1, 0.15) is 11.3 Å². The van der Waals surface area contributed by atoms with Gasteiger partial charge in [-0.1, -0.05) is 36.4 Å². The van der Waals surface area contributed by atoms with Crippen molar-refractivity contribution in [2.75, 3.05) is 10.2 Å². The van der Waals surface area contributed by atoms with E-state index in [2.05, 4.69) is 15.6 Å². The number of H-pyrrole nitrogens is 1. The number of nitrogens with zero attached hydrogens (tertiary/aromatic N) is 1. The van der Waals surface area contributed by atoms with Crippen molar-refractivity contribution < 1.29 is 23.9 Å². The van der Waals surface area contributed by atoms with Crippen LogP contribution in [0.5, 0.6) is 5.75 Å². The number of carbonyl (C=O) groups excluding carboxylic acids is 4. The maximum Gasteiger partial charge on any atom is 0.308 e. The first-order valence-corrected chi connectivity index (χ1v) is 13.2. The van der Waals surface area contributed by atoms with Gasteiger partial charge in [0, 0.05) is 41.3 Å². The van der Waals surface area contributed by atoms with Crippen molar-refractivity contribution in [1.82, 2.24) is 10.3 Å². The molecule has 0 aliphatic carbocycles. The van der Waals surface area contributed by atoms with E-state index in [9.17, 15) is 19.2 Å². The van der Waals surface area contributed by atoms with Gasteiger partial charge in [0.05, 0.1) is 17.5 Å². The predicted octanol–water partition coefficient (Wildman–Crippen LogP) is 3.57. The Bertz CT molecular complexity index is 1740. The van der Waals surface area contributed by atoms with Crippen LogP contribution in [0.2, 0.25) is 0 Å². The highest BCUT2D eigenvalue weighted by Gasteiger charge is 2.70. The van der Waals surface area contributed by atoms with Crippen LogP contribution in [0, 0.1) is 18.8 Å². The molecule has 3 aliphatic rings. The summed E-state index contributed by atoms with van der Waals surface area (Å²) in [5, 5.41) is 7.55. The Kier molecular flexibility index (Phi) is 5.24. The summed E-state index contributed by atoms with van der Waals surface area (Å²) < 4.78 is 5.12. The van der Waals surface area contributed by atoms with Gasteiger partial charge in [-0.15, -0.1) is 0 Å². The lowest BCUT2D eigenvalue weighted by Crippen LogP contribution is -2.53. The maximum atomic E-state index is 14.2. The summed E-state index contributed by atoms with van der Waals surface area (Å²) in [6, 6.07) is 19.3. The summed E-state index contributed by atoms with van der Waals surface area (Å²) in [6.07, 6.45) is 2.37. The molecule has 3 aliphatic heterocycles. The highest BCUT2D eigenvalue weighted by molar-refractivity contribution is 6.26. The summed E-state index contributed by atoms with van der Waals surface area (Å²) in [6.45, 7) is 3.21. The third-order valence-corrected chi connectivity index (χ3v) is 8.43. The van der Waals surface area contributed by atoms with E-state index in [1.807, 2.05) is 55.6 Å². The van der Waals surface area contributed by atoms with Crippen LogP contribution in [-0.2, 0) is 31.1 Å². The first kappa shape index (κ1) is 24.3. The van der Waals surface area contributed by atoms with Gasteiger partial charge in [-0.25, -0.2) is 4.90 Å². The zero-order valence-electron chi connectivity index (χ0n) is 21.9. The number of imide groups is 1. The fourth-order valence-corrected chi connectivity index (χ4v) is 6.77. The summed E-state index contributed by atoms with van der Waals surface area (Å²) in [4.78, 5) is 58.0. The predicted molar refractivity (Wildman–Crippen MR) is 148 cm³/mol. The van der Waals surface area contributed by atoms with Gasteiger partial charge in [-0.3, -0.25) is 24.5 Å². The molecule has 4 heterocycles. The molecule has 40 heavy (non-hydrogen) atoms. The molecule has 0 radical (unpaired) electrons. The van der Waals surface area contributed by atoms with E-state index in [-0.39, 0.29) is 11.8 Å². The molecule has 200 valence electrons. The third-order valence-electron chi connectivity index (χ3n) is 8.43. The normalized spacial score (nSPS) is 25.0. The standard InChI is InChI=1S/C31H26N4O5/c1-16-6-5-8-22-27(16)33-30(39)31(22)26-25(24(34-31)14-18-15-32-23-9-4-3-7-21(18)23)28(37)35(29(26)38)19-10-12-20(13-11-19)40-17(2)36/h3-13,15,24-26,32,34H,14H2,1-2H3,(H,33,39)/t24-,25-,26+,31+/m1/s1. The smallest absolute Gasteiger partial charge is 0.308 e. The number of aromatic nitrogens is 1. The van der Waals surface area contributed by atoms with Crippen LogP contribution >= 0.6 is 0 Å². The molecule has 9 nitrogen and oxygen atoms in total. The van der Waals surface area contributed by atoms with Gasteiger partial charge >= 0.3 is 5.97 Å². The minimum atomic E-state index is -1.39. The van der Waals surface area contributed by atoms with Crippen molar-refractivity contribution in [2.24, 2.45) is 11.8 Å². The van der Waals surface area contributed by atoms with Gasteiger partial charge in [-0.2, -0.15) is 0 Å². The van der Waals surface area contributed by atoms with Gasteiger partial charge in [0.2, 0.25) is 17.7 Å². The number of hydrogen-bond acceptors (Lipinski definition) is 6. The van der Waals surface area contributed by atoms with Crippen molar-refractivity contribution in [3.8, 4) is 5.75 Å². The summed E-state index contributed by atoms with van der Waals surface area (Å²) in [5.41, 5.74) is 3.20. The zero-order valence-corrected chi connectivity index (χ0v) is 21.9. The Balaban J connectivity index is 1.34. The lowest BCUT2D eigenvalue weighted by Gasteiger charge is -2.29. The van der Waals surface area contributed by atoms with E-state index in [0.29, 0.717) is 29.1 Å². The Hall–Kier alpha value is -4.76. The molecule has 0 bridgehead atoms. The number of para-hydroxylation sites is 2. The molecule has 9 heteroatoms. The van der Waals surface area contributed by atoms with E-state index in [0.717, 1.165) is 22.0 Å². The Morgan fingerprint density at radius 2 is 1.75 bits per heavy atom. The minimum Gasteiger partial charge on any atom is -0.427 e. The SMILES string of the molecule is CC(=O)Oc1ccc(N2C(=O)[C@H]3[C@@H](C2=O)[C@]2(N[C@@H]3Cc3c[nH]c4ccccc34)C(=O)Nc3c(C)cccc32)cc1. The fraction of sp³-hybridized carbons (Fsp3) is 0.226. The largest absolute Gasteiger partial charge is 0.427 e. The van der Waals surface area contributed by atoms with Crippen LogP contribution < -0.4 is 20.3 Å². The van der Waals surface area contributed by atoms with E-state index in [4.69, 9.17) is 4.74 Å². The second kappa shape index (κ2) is 8.62. The van der Waals surface area contributed by atoms with Crippen LogP contribution in [0.3, 0.4) is 0 Å². The average molecular weight is 535 g/mol. The number of esters is 1. The highest BCUT2D eigenvalue weighted by Crippen LogP contribution is 2.54. The van der Waals surface area contributed by atoms with Crippen molar-refractivity contribution in [1.29, 1.82) is 0 Å². The van der Waals surface area contributed by atoms with Gasteiger partial charge in [-0.05, 0) is 54.8 Å². The molecule has 7 rings (SSSR count). The van der Waals surface area contributed by atoms with Crippen molar-refractivity contribution >= 4 is 46.0 Å². The number of benzene rings is 3. The highest BCUT2D eigenvalue weighted by atomic mass is 16.5. The van der Waals surface area contributed by atoms with Crippen LogP contribution in [0.15, 0.2) is 72.9 Å². The Morgan fingerprint density at radius 3 is 2.52 bits per heavy atom. The molecule has 0 unspecified atom stereocenters. The maximum absolute atomic E-state index is 14.2. The van der Waals surface area contributed by atoms with E-state index >= 15 is 0 Å². The number of hydrogen-bond donors (Lipinski definition) is 3. The summed E-state index contributed by atoms with van der Waals surface area (Å²) in [5.74, 6) is -3.00. The molecule has 2 saturated heterocycles. The number of rotatable bonds is 4. The Labute approximate surface area is 229 Å². The monoisotopic (exact) mass is 534 g/mol. The number of ether oxygens (including phenoxy) is 1. The number of aryl methyl sites for hydroxylation is 1. The van der Waals surface area contributed by atoms with Crippen molar-refractivity contribution in [3.63, 3.8) is 0 Å². The number of amides is 3. The minimum absolute atomic E-state index is 0.311. The number of anilines is 2. The van der Waals surface area contributed by atoms with Gasteiger partial charge < -0.3 is 15.0 Å².